The first kappa shape index (κ1) is 63.7. The largest absolute Gasteiger partial charge is 0.506 e. The number of aryl methyl sites for hydroxylation is 1. The zero-order valence-corrected chi connectivity index (χ0v) is 49.9. The van der Waals surface area contributed by atoms with E-state index in [1.165, 1.54) is 21.1 Å². The summed E-state index contributed by atoms with van der Waals surface area (Å²) >= 11 is 3.46. The third-order valence-electron chi connectivity index (χ3n) is 16.1. The molecule has 6 N–H and O–H groups in total. The Hall–Kier alpha value is -6.75. The Morgan fingerprint density at radius 3 is 2.22 bits per heavy atom. The average molecular weight is 1260 g/mol. The molecule has 8 atom stereocenters. The van der Waals surface area contributed by atoms with E-state index in [9.17, 15) is 43.8 Å². The molecule has 2 radical (unpaired) electrons. The van der Waals surface area contributed by atoms with Gasteiger partial charge in [-0.1, -0.05) is 58.4 Å². The normalized spacial score (nSPS) is 23.4. The maximum Gasteiger partial charge on any atom is 0.407 e. The van der Waals surface area contributed by atoms with E-state index in [0.717, 1.165) is 16.0 Å². The molecule has 4 aliphatic heterocycles. The molecule has 26 heteroatoms. The molecule has 460 valence electrons. The van der Waals surface area contributed by atoms with Gasteiger partial charge in [-0.15, -0.1) is 0 Å². The van der Waals surface area contributed by atoms with Crippen LogP contribution in [0.1, 0.15) is 76.7 Å². The summed E-state index contributed by atoms with van der Waals surface area (Å²) in [6, 6.07) is 15.4. The van der Waals surface area contributed by atoms with E-state index in [1.54, 1.807) is 24.3 Å². The van der Waals surface area contributed by atoms with Crippen LogP contribution >= 0.6 is 15.9 Å². The number of halogens is 1. The fraction of sp³-hybridized carbons (Fsp3) is 0.517. The van der Waals surface area contributed by atoms with Gasteiger partial charge in [-0.2, -0.15) is 0 Å². The number of hydrogen-bond donors (Lipinski definition) is 6. The summed E-state index contributed by atoms with van der Waals surface area (Å²) in [5.74, 6) is -7.35. The number of alkyl carbamates (subject to hydrolysis) is 1. The Labute approximate surface area is 506 Å². The number of anilines is 1. The van der Waals surface area contributed by atoms with Crippen LogP contribution in [0.2, 0.25) is 5.82 Å². The van der Waals surface area contributed by atoms with Crippen LogP contribution in [0.25, 0.3) is 10.8 Å². The van der Waals surface area contributed by atoms with E-state index in [1.807, 2.05) is 43.3 Å². The van der Waals surface area contributed by atoms with Crippen molar-refractivity contribution in [3.63, 3.8) is 0 Å². The van der Waals surface area contributed by atoms with Gasteiger partial charge in [-0.05, 0) is 61.6 Å². The summed E-state index contributed by atoms with van der Waals surface area (Å²) in [5.41, 5.74) is 1.78. The second-order valence-corrected chi connectivity index (χ2v) is 22.2. The van der Waals surface area contributed by atoms with Crippen molar-refractivity contribution in [1.29, 1.82) is 0 Å². The SMILES string of the molecule is [B]C1CC(=O)N(CCOCCOCCOCCOCCC(=O)N[C@@H](Cc2ccccc2)C(=O)N[C@@H](C)C(=O)Nc2ccc(COC(=O)NCC34OCC5c6c(C)cc7c(OC)c8c(c(O)c7c6O[C@](OC)(C5O3)[C@@]4(O)CBr)C(=O)CCC8)cc2)C1=O. The van der Waals surface area contributed by atoms with Crippen molar-refractivity contribution in [2.24, 2.45) is 0 Å². The van der Waals surface area contributed by atoms with Crippen LogP contribution in [-0.2, 0) is 81.3 Å². The molecule has 3 saturated heterocycles. The molecule has 86 heavy (non-hydrogen) atoms. The quantitative estimate of drug-likeness (QED) is 0.0195. The number of phenols is 1. The number of nitrogens with zero attached hydrogens (tertiary/aromatic N) is 1. The highest BCUT2D eigenvalue weighted by atomic mass is 79.9. The van der Waals surface area contributed by atoms with Crippen molar-refractivity contribution in [1.82, 2.24) is 20.9 Å². The highest BCUT2D eigenvalue weighted by molar-refractivity contribution is 9.09. The average Bonchev–Trinajstić information content (AvgIpc) is 1.48. The van der Waals surface area contributed by atoms with E-state index in [4.69, 9.17) is 55.2 Å². The van der Waals surface area contributed by atoms with Crippen molar-refractivity contribution in [2.45, 2.75) is 106 Å². The monoisotopic (exact) mass is 1260 g/mol. The minimum atomic E-state index is -2.14. The number of carbonyl (C=O) groups excluding carboxylic acids is 7. The first-order valence-corrected chi connectivity index (χ1v) is 29.6. The van der Waals surface area contributed by atoms with Crippen LogP contribution in [0.15, 0.2) is 60.7 Å². The predicted molar refractivity (Wildman–Crippen MR) is 311 cm³/mol. The number of hydrogen-bond acceptors (Lipinski definition) is 19. The zero-order chi connectivity index (χ0) is 61.3. The molecule has 4 unspecified atom stereocenters. The number of nitrogens with one attached hydrogen (secondary N) is 4. The van der Waals surface area contributed by atoms with Crippen molar-refractivity contribution in [2.75, 3.05) is 97.4 Å². The van der Waals surface area contributed by atoms with Crippen LogP contribution in [-0.4, -0.2) is 192 Å². The van der Waals surface area contributed by atoms with Gasteiger partial charge in [-0.25, -0.2) is 4.79 Å². The number of Topliss-reactive ketones (excluding diaryl/α,β-unsaturated/α-hetero) is 1. The lowest BCUT2D eigenvalue weighted by Gasteiger charge is -2.46. The summed E-state index contributed by atoms with van der Waals surface area (Å²) in [7, 11) is 8.48. The number of rotatable bonds is 29. The highest BCUT2D eigenvalue weighted by Gasteiger charge is 2.81. The van der Waals surface area contributed by atoms with Crippen molar-refractivity contribution in [3.8, 4) is 17.2 Å². The Morgan fingerprint density at radius 1 is 0.884 bits per heavy atom. The van der Waals surface area contributed by atoms with Crippen molar-refractivity contribution >= 4 is 81.6 Å². The third-order valence-corrected chi connectivity index (χ3v) is 16.9. The van der Waals surface area contributed by atoms with Crippen LogP contribution < -0.4 is 30.7 Å². The number of methoxy groups -OCH3 is 2. The van der Waals surface area contributed by atoms with E-state index < -0.39 is 83.4 Å². The fourth-order valence-corrected chi connectivity index (χ4v) is 12.5. The van der Waals surface area contributed by atoms with Crippen LogP contribution in [0.4, 0.5) is 10.5 Å². The number of amides is 6. The number of ether oxygens (including phenoxy) is 10. The standard InChI is InChI=1S/C60H71BBrN5O19/c1-34-27-40-49(50(71)48-39(51(40)77-3)11-8-12-44(48)68)52-47(34)41-31-84-59(58(76,32-62)60(78-4,85-52)53(41)86-59)33-63-57(75)83-30-37-13-15-38(16-14-37)65-54(72)35(2)64-55(73)43(28-36-9-6-5-7-10-36)66-45(69)17-19-79-21-23-81-25-26-82-24-22-80-20-18-67-46(70)29-42(61)56(67)74/h5-7,9-10,13-16,27,35,41-43,53,71,76H,8,11-12,17-26,28-33H2,1-4H3,(H,63,75)(H,64,73)(H,65,72)(H,66,69)/t35-,41?,42?,43-,53?,58+,59?,60+/m0/s1. The molecular formula is C60H71BBrN5O19. The molecule has 24 nitrogen and oxygen atoms in total. The predicted octanol–water partition coefficient (Wildman–Crippen LogP) is 3.72. The molecular weight excluding hydrogens is 1190 g/mol. The number of aliphatic hydroxyl groups is 1. The molecule has 0 spiro atoms. The first-order chi connectivity index (χ1) is 41.4. The van der Waals surface area contributed by atoms with Gasteiger partial charge in [0.05, 0.1) is 98.5 Å². The summed E-state index contributed by atoms with van der Waals surface area (Å²) in [5, 5.41) is 36.1. The Morgan fingerprint density at radius 2 is 1.57 bits per heavy atom. The zero-order valence-electron chi connectivity index (χ0n) is 48.3. The van der Waals surface area contributed by atoms with Gasteiger partial charge in [0.15, 0.2) is 11.4 Å². The summed E-state index contributed by atoms with van der Waals surface area (Å²) in [4.78, 5) is 91.5. The Balaban J connectivity index is 0.710. The van der Waals surface area contributed by atoms with Gasteiger partial charge in [0.2, 0.25) is 35.3 Å². The minimum Gasteiger partial charge on any atom is -0.506 e. The number of fused-ring (bicyclic) bond motifs is 6. The topological polar surface area (TPSA) is 304 Å². The number of ketones is 1. The maximum atomic E-state index is 13.6. The molecule has 0 aromatic heterocycles. The summed E-state index contributed by atoms with van der Waals surface area (Å²) in [6.45, 7) is 4.80. The molecule has 4 aromatic carbocycles. The lowest BCUT2D eigenvalue weighted by Crippen LogP contribution is -2.70. The van der Waals surface area contributed by atoms with Gasteiger partial charge in [0, 0.05) is 72.1 Å². The Bertz CT molecular complexity index is 3180. The van der Waals surface area contributed by atoms with Gasteiger partial charge in [0.25, 0.3) is 5.79 Å². The Kier molecular flexibility index (Phi) is 20.7. The van der Waals surface area contributed by atoms with Gasteiger partial charge in [-0.3, -0.25) is 33.7 Å². The lowest BCUT2D eigenvalue weighted by atomic mass is 9.77. The summed E-state index contributed by atoms with van der Waals surface area (Å²) in [6.07, 6.45) is -0.312. The second kappa shape index (κ2) is 28.0. The van der Waals surface area contributed by atoms with E-state index in [-0.39, 0.29) is 118 Å². The number of phenolic OH excluding ortho intramolecular Hbond substituents is 1. The van der Waals surface area contributed by atoms with E-state index in [2.05, 4.69) is 37.2 Å². The number of carbonyl (C=O) groups is 7. The van der Waals surface area contributed by atoms with Gasteiger partial charge < -0.3 is 78.8 Å². The fourth-order valence-electron chi connectivity index (χ4n) is 11.7. The molecule has 3 fully saturated rings. The molecule has 0 saturated carbocycles. The third kappa shape index (κ3) is 13.1. The number of alkyl halides is 1. The minimum absolute atomic E-state index is 0.0132. The number of likely N-dealkylation sites (tertiary alicyclic amines) is 1. The van der Waals surface area contributed by atoms with Crippen LogP contribution in [0, 0.1) is 6.92 Å². The van der Waals surface area contributed by atoms with Crippen LogP contribution in [0.5, 0.6) is 17.2 Å². The van der Waals surface area contributed by atoms with Crippen molar-refractivity contribution < 1.29 is 91.1 Å². The first-order valence-electron chi connectivity index (χ1n) is 28.5. The number of imide groups is 1. The molecule has 5 aliphatic rings. The van der Waals surface area contributed by atoms with Crippen molar-refractivity contribution in [3.05, 3.63) is 94.0 Å². The van der Waals surface area contributed by atoms with Gasteiger partial charge >= 0.3 is 6.09 Å². The molecule has 2 bridgehead atoms. The number of benzene rings is 4. The second-order valence-electron chi connectivity index (χ2n) is 21.6. The van der Waals surface area contributed by atoms with Gasteiger partial charge in [0.1, 0.15) is 42.0 Å². The lowest BCUT2D eigenvalue weighted by molar-refractivity contribution is -0.311. The highest BCUT2D eigenvalue weighted by Crippen LogP contribution is 2.63. The molecule has 1 aliphatic carbocycles. The maximum absolute atomic E-state index is 13.6. The smallest absolute Gasteiger partial charge is 0.407 e. The molecule has 6 amide bonds. The summed E-state index contributed by atoms with van der Waals surface area (Å²) < 4.78 is 59.4. The van der Waals surface area contributed by atoms with Crippen LogP contribution in [0.3, 0.4) is 0 Å². The number of aromatic hydroxyl groups is 1. The molecule has 4 heterocycles. The molecule has 4 aromatic rings. The van der Waals surface area contributed by atoms with E-state index >= 15 is 0 Å². The molecule has 9 rings (SSSR count). The van der Waals surface area contributed by atoms with E-state index in [0.29, 0.717) is 66.2 Å².